The maximum absolute atomic E-state index is 10.5. The quantitative estimate of drug-likeness (QED) is 0.591. The highest BCUT2D eigenvalue weighted by atomic mass is 16.4. The summed E-state index contributed by atoms with van der Waals surface area (Å²) in [6, 6.07) is 0. The van der Waals surface area contributed by atoms with Gasteiger partial charge in [-0.1, -0.05) is 52.9 Å². The lowest BCUT2D eigenvalue weighted by atomic mass is 9.90. The molecule has 0 aromatic carbocycles. The molecule has 3 heteroatoms. The van der Waals surface area contributed by atoms with Crippen molar-refractivity contribution in [3.63, 3.8) is 0 Å². The van der Waals surface area contributed by atoms with Gasteiger partial charge in [-0.15, -0.1) is 0 Å². The van der Waals surface area contributed by atoms with Crippen LogP contribution in [0.2, 0.25) is 0 Å². The summed E-state index contributed by atoms with van der Waals surface area (Å²) in [6.45, 7) is 8.53. The summed E-state index contributed by atoms with van der Waals surface area (Å²) in [5, 5.41) is 18.7. The van der Waals surface area contributed by atoms with Crippen LogP contribution >= 0.6 is 0 Å². The Labute approximate surface area is 118 Å². The highest BCUT2D eigenvalue weighted by Crippen LogP contribution is 2.23. The molecule has 0 amide bonds. The molecule has 3 nitrogen and oxygen atoms in total. The number of aliphatic carboxylic acids is 1. The minimum absolute atomic E-state index is 0.0525. The third kappa shape index (κ3) is 12.2. The zero-order chi connectivity index (χ0) is 14.9. The molecule has 2 N–H and O–H groups in total. The summed E-state index contributed by atoms with van der Waals surface area (Å²) in [5.74, 6) is 0.653. The van der Waals surface area contributed by atoms with E-state index in [0.717, 1.165) is 18.8 Å². The highest BCUT2D eigenvalue weighted by molar-refractivity contribution is 5.66. The van der Waals surface area contributed by atoms with Gasteiger partial charge in [0.15, 0.2) is 0 Å². The van der Waals surface area contributed by atoms with Gasteiger partial charge in [-0.25, -0.2) is 0 Å². The largest absolute Gasteiger partial charge is 0.481 e. The minimum atomic E-state index is -0.831. The summed E-state index contributed by atoms with van der Waals surface area (Å²) in [7, 11) is 0. The normalized spacial score (nSPS) is 16.3. The fourth-order valence-corrected chi connectivity index (χ4v) is 2.35. The second kappa shape index (κ2) is 9.35. The van der Waals surface area contributed by atoms with Gasteiger partial charge in [-0.2, -0.15) is 0 Å². The second-order valence-electron chi connectivity index (χ2n) is 6.71. The molecule has 0 radical (unpaired) electrons. The predicted octanol–water partition coefficient (Wildman–Crippen LogP) is 4.23. The predicted molar refractivity (Wildman–Crippen MR) is 79.2 cm³/mol. The Morgan fingerprint density at radius 3 is 2.16 bits per heavy atom. The topological polar surface area (TPSA) is 57.5 Å². The minimum Gasteiger partial charge on any atom is -0.481 e. The zero-order valence-corrected chi connectivity index (χ0v) is 13.1. The Morgan fingerprint density at radius 1 is 1.05 bits per heavy atom. The van der Waals surface area contributed by atoms with Crippen molar-refractivity contribution in [2.24, 2.45) is 11.8 Å². The van der Waals surface area contributed by atoms with Crippen molar-refractivity contribution in [2.45, 2.75) is 84.7 Å². The van der Waals surface area contributed by atoms with Crippen LogP contribution in [0.5, 0.6) is 0 Å². The fraction of sp³-hybridized carbons (Fsp3) is 0.938. The first-order chi connectivity index (χ1) is 8.73. The van der Waals surface area contributed by atoms with Gasteiger partial charge in [0.2, 0.25) is 0 Å². The monoisotopic (exact) mass is 272 g/mol. The second-order valence-corrected chi connectivity index (χ2v) is 6.71. The smallest absolute Gasteiger partial charge is 0.303 e. The fourth-order valence-electron chi connectivity index (χ4n) is 2.35. The number of hydrogen-bond donors (Lipinski definition) is 2. The molecular weight excluding hydrogens is 240 g/mol. The van der Waals surface area contributed by atoms with E-state index in [4.69, 9.17) is 5.11 Å². The maximum atomic E-state index is 10.5. The lowest BCUT2D eigenvalue weighted by molar-refractivity contribution is -0.138. The Hall–Kier alpha value is -0.570. The van der Waals surface area contributed by atoms with E-state index in [1.165, 1.54) is 19.3 Å². The van der Waals surface area contributed by atoms with Gasteiger partial charge in [0.25, 0.3) is 0 Å². The van der Waals surface area contributed by atoms with Gasteiger partial charge < -0.3 is 10.2 Å². The van der Waals surface area contributed by atoms with E-state index in [9.17, 15) is 9.90 Å². The number of rotatable bonds is 11. The van der Waals surface area contributed by atoms with Crippen molar-refractivity contribution in [3.8, 4) is 0 Å². The van der Waals surface area contributed by atoms with E-state index in [0.29, 0.717) is 18.8 Å². The van der Waals surface area contributed by atoms with E-state index in [1.54, 1.807) is 6.92 Å². The van der Waals surface area contributed by atoms with Gasteiger partial charge in [0.05, 0.1) is 5.60 Å². The van der Waals surface area contributed by atoms with Gasteiger partial charge in [0.1, 0.15) is 0 Å². The molecule has 114 valence electrons. The van der Waals surface area contributed by atoms with Gasteiger partial charge in [0, 0.05) is 6.42 Å². The standard InChI is InChI=1S/C16H32O3/c1-13(2)7-5-8-14(3)9-6-11-16(4,19)12-10-15(17)18/h13-14,19H,5-12H2,1-4H3,(H,17,18). The number of carbonyl (C=O) groups is 1. The van der Waals surface area contributed by atoms with Crippen LogP contribution in [0, 0.1) is 11.8 Å². The molecule has 2 atom stereocenters. The molecule has 0 aliphatic rings. The van der Waals surface area contributed by atoms with Crippen molar-refractivity contribution < 1.29 is 15.0 Å². The summed E-state index contributed by atoms with van der Waals surface area (Å²) >= 11 is 0. The Morgan fingerprint density at radius 2 is 1.63 bits per heavy atom. The van der Waals surface area contributed by atoms with Crippen molar-refractivity contribution in [1.82, 2.24) is 0 Å². The van der Waals surface area contributed by atoms with Crippen LogP contribution in [0.1, 0.15) is 79.1 Å². The van der Waals surface area contributed by atoms with Crippen LogP contribution in [0.25, 0.3) is 0 Å². The van der Waals surface area contributed by atoms with E-state index >= 15 is 0 Å². The van der Waals surface area contributed by atoms with E-state index < -0.39 is 11.6 Å². The molecule has 0 saturated carbocycles. The first-order valence-corrected chi connectivity index (χ1v) is 7.67. The molecule has 2 unspecified atom stereocenters. The van der Waals surface area contributed by atoms with Crippen LogP contribution in [-0.2, 0) is 4.79 Å². The average molecular weight is 272 g/mol. The van der Waals surface area contributed by atoms with Crippen LogP contribution < -0.4 is 0 Å². The van der Waals surface area contributed by atoms with Crippen LogP contribution in [-0.4, -0.2) is 21.8 Å². The molecule has 0 aromatic heterocycles. The van der Waals surface area contributed by atoms with Gasteiger partial charge in [-0.05, 0) is 31.6 Å². The Bertz CT molecular complexity index is 246. The molecule has 19 heavy (non-hydrogen) atoms. The molecule has 0 bridgehead atoms. The van der Waals surface area contributed by atoms with E-state index in [-0.39, 0.29) is 6.42 Å². The lowest BCUT2D eigenvalue weighted by Crippen LogP contribution is -2.25. The molecule has 0 aromatic rings. The summed E-state index contributed by atoms with van der Waals surface area (Å²) in [4.78, 5) is 10.5. The van der Waals surface area contributed by atoms with Crippen LogP contribution in [0.15, 0.2) is 0 Å². The molecule has 0 heterocycles. The summed E-state index contributed by atoms with van der Waals surface area (Å²) in [6.07, 6.45) is 7.05. The van der Waals surface area contributed by atoms with Crippen LogP contribution in [0.4, 0.5) is 0 Å². The molecule has 0 fully saturated rings. The molecule has 0 saturated heterocycles. The van der Waals surface area contributed by atoms with Crippen LogP contribution in [0.3, 0.4) is 0 Å². The SMILES string of the molecule is CC(C)CCCC(C)CCCC(C)(O)CCC(=O)O. The molecule has 0 rings (SSSR count). The molecular formula is C16H32O3. The summed E-state index contributed by atoms with van der Waals surface area (Å²) < 4.78 is 0. The summed E-state index contributed by atoms with van der Waals surface area (Å²) in [5.41, 5.74) is -0.823. The highest BCUT2D eigenvalue weighted by Gasteiger charge is 2.21. The van der Waals surface area contributed by atoms with Crippen molar-refractivity contribution in [1.29, 1.82) is 0 Å². The third-order valence-electron chi connectivity index (χ3n) is 3.77. The Balaban J connectivity index is 3.67. The maximum Gasteiger partial charge on any atom is 0.303 e. The first kappa shape index (κ1) is 18.4. The van der Waals surface area contributed by atoms with Crippen molar-refractivity contribution >= 4 is 5.97 Å². The van der Waals surface area contributed by atoms with E-state index in [2.05, 4.69) is 20.8 Å². The third-order valence-corrected chi connectivity index (χ3v) is 3.77. The van der Waals surface area contributed by atoms with Crippen molar-refractivity contribution in [2.75, 3.05) is 0 Å². The molecule has 0 spiro atoms. The molecule has 0 aliphatic carbocycles. The zero-order valence-electron chi connectivity index (χ0n) is 13.1. The number of hydrogen-bond acceptors (Lipinski definition) is 2. The first-order valence-electron chi connectivity index (χ1n) is 7.67. The number of carboxylic acid groups (broad SMARTS) is 1. The van der Waals surface area contributed by atoms with Crippen molar-refractivity contribution in [3.05, 3.63) is 0 Å². The number of carboxylic acids is 1. The van der Waals surface area contributed by atoms with Gasteiger partial charge >= 0.3 is 5.97 Å². The molecule has 0 aliphatic heterocycles. The Kier molecular flexibility index (Phi) is 9.07. The lowest BCUT2D eigenvalue weighted by Gasteiger charge is -2.23. The average Bonchev–Trinajstić information content (AvgIpc) is 2.26. The van der Waals surface area contributed by atoms with Gasteiger partial charge in [-0.3, -0.25) is 4.79 Å². The number of aliphatic hydroxyl groups is 1. The van der Waals surface area contributed by atoms with E-state index in [1.807, 2.05) is 0 Å².